The number of ether oxygens (including phenoxy) is 2. The maximum absolute atomic E-state index is 11.5. The van der Waals surface area contributed by atoms with Gasteiger partial charge in [0.1, 0.15) is 0 Å². The van der Waals surface area contributed by atoms with E-state index in [4.69, 9.17) is 9.47 Å². The first-order chi connectivity index (χ1) is 8.34. The first-order valence-corrected chi connectivity index (χ1v) is 6.77. The van der Waals surface area contributed by atoms with Crippen LogP contribution in [-0.4, -0.2) is 25.3 Å². The van der Waals surface area contributed by atoms with E-state index >= 15 is 0 Å². The molecule has 1 aliphatic heterocycles. The molecule has 2 rings (SSSR count). The van der Waals surface area contributed by atoms with Crippen molar-refractivity contribution in [1.29, 1.82) is 0 Å². The smallest absolute Gasteiger partial charge is 0.305 e. The maximum atomic E-state index is 11.5. The summed E-state index contributed by atoms with van der Waals surface area (Å²) >= 11 is 0. The predicted octanol–water partition coefficient (Wildman–Crippen LogP) is 2.85. The van der Waals surface area contributed by atoms with Crippen molar-refractivity contribution in [3.63, 3.8) is 0 Å². The molecule has 96 valence electrons. The van der Waals surface area contributed by atoms with Gasteiger partial charge >= 0.3 is 5.97 Å². The van der Waals surface area contributed by atoms with Crippen LogP contribution >= 0.6 is 0 Å². The van der Waals surface area contributed by atoms with E-state index < -0.39 is 0 Å². The Kier molecular flexibility index (Phi) is 5.05. The molecule has 0 aromatic carbocycles. The largest absolute Gasteiger partial charge is 0.465 e. The topological polar surface area (TPSA) is 35.5 Å². The van der Waals surface area contributed by atoms with Crippen LogP contribution in [-0.2, 0) is 14.3 Å². The van der Waals surface area contributed by atoms with E-state index in [2.05, 4.69) is 12.2 Å². The number of carbonyl (C=O) groups is 1. The molecule has 0 aromatic heterocycles. The summed E-state index contributed by atoms with van der Waals surface area (Å²) in [5, 5.41) is 0. The molecule has 2 aliphatic rings. The number of hydrogen-bond donors (Lipinski definition) is 0. The highest BCUT2D eigenvalue weighted by molar-refractivity contribution is 5.69. The molecule has 1 fully saturated rings. The fraction of sp³-hybridized carbons (Fsp3) is 0.786. The molecule has 17 heavy (non-hydrogen) atoms. The number of rotatable bonds is 5. The Morgan fingerprint density at radius 3 is 3.00 bits per heavy atom. The van der Waals surface area contributed by atoms with E-state index in [0.29, 0.717) is 25.0 Å². The molecule has 0 saturated carbocycles. The second-order valence-electron chi connectivity index (χ2n) is 5.01. The van der Waals surface area contributed by atoms with Crippen LogP contribution in [0.3, 0.4) is 0 Å². The van der Waals surface area contributed by atoms with Gasteiger partial charge in [0.2, 0.25) is 0 Å². The molecule has 1 saturated heterocycles. The van der Waals surface area contributed by atoms with Gasteiger partial charge in [-0.2, -0.15) is 0 Å². The van der Waals surface area contributed by atoms with Gasteiger partial charge in [0, 0.05) is 13.0 Å². The average Bonchev–Trinajstić information content (AvgIpc) is 2.88. The molecule has 1 heterocycles. The van der Waals surface area contributed by atoms with Gasteiger partial charge in [-0.1, -0.05) is 12.2 Å². The van der Waals surface area contributed by atoms with Gasteiger partial charge in [0.05, 0.1) is 12.7 Å². The molecule has 2 atom stereocenters. The van der Waals surface area contributed by atoms with Crippen molar-refractivity contribution in [2.24, 2.45) is 5.92 Å². The van der Waals surface area contributed by atoms with Gasteiger partial charge in [-0.05, 0) is 44.4 Å². The minimum atomic E-state index is -0.0601. The van der Waals surface area contributed by atoms with Crippen LogP contribution in [0.5, 0.6) is 0 Å². The summed E-state index contributed by atoms with van der Waals surface area (Å²) in [6.45, 7) is 1.45. The van der Waals surface area contributed by atoms with Crippen molar-refractivity contribution >= 4 is 5.97 Å². The van der Waals surface area contributed by atoms with Gasteiger partial charge in [0.25, 0.3) is 0 Å². The highest BCUT2D eigenvalue weighted by atomic mass is 16.5. The van der Waals surface area contributed by atoms with Gasteiger partial charge in [0.15, 0.2) is 0 Å². The summed E-state index contributed by atoms with van der Waals surface area (Å²) in [5.74, 6) is 0.474. The van der Waals surface area contributed by atoms with Crippen LogP contribution in [0.15, 0.2) is 12.2 Å². The normalized spacial score (nSPS) is 28.2. The minimum Gasteiger partial charge on any atom is -0.465 e. The van der Waals surface area contributed by atoms with E-state index in [1.54, 1.807) is 0 Å². The molecule has 0 spiro atoms. The van der Waals surface area contributed by atoms with E-state index in [9.17, 15) is 4.79 Å². The third-order valence-corrected chi connectivity index (χ3v) is 3.55. The molecule has 0 N–H and O–H groups in total. The molecule has 0 unspecified atom stereocenters. The molecule has 3 heteroatoms. The summed E-state index contributed by atoms with van der Waals surface area (Å²) in [5.41, 5.74) is 0. The summed E-state index contributed by atoms with van der Waals surface area (Å²) in [4.78, 5) is 11.5. The number of allylic oxidation sites excluding steroid dienone is 2. The van der Waals surface area contributed by atoms with Gasteiger partial charge in [-0.25, -0.2) is 0 Å². The minimum absolute atomic E-state index is 0.0601. The SMILES string of the molecule is O=C(CC[C@H]1CCCO1)OC[C@@H]1CC=CCC1. The quantitative estimate of drug-likeness (QED) is 0.546. The molecule has 3 nitrogen and oxygen atoms in total. The lowest BCUT2D eigenvalue weighted by molar-refractivity contribution is -0.145. The van der Waals surface area contributed by atoms with Gasteiger partial charge in [-0.15, -0.1) is 0 Å². The molecular formula is C14H22O3. The number of hydrogen-bond acceptors (Lipinski definition) is 3. The summed E-state index contributed by atoms with van der Waals surface area (Å²) in [6, 6.07) is 0. The lowest BCUT2D eigenvalue weighted by atomic mass is 9.95. The Labute approximate surface area is 103 Å². The summed E-state index contributed by atoms with van der Waals surface area (Å²) in [7, 11) is 0. The van der Waals surface area contributed by atoms with Crippen LogP contribution in [0.1, 0.15) is 44.9 Å². The Morgan fingerprint density at radius 1 is 1.35 bits per heavy atom. The zero-order valence-corrected chi connectivity index (χ0v) is 10.4. The van der Waals surface area contributed by atoms with Crippen molar-refractivity contribution in [3.05, 3.63) is 12.2 Å². The van der Waals surface area contributed by atoms with Crippen LogP contribution in [0.2, 0.25) is 0 Å². The van der Waals surface area contributed by atoms with E-state index in [0.717, 1.165) is 45.1 Å². The lowest BCUT2D eigenvalue weighted by Crippen LogP contribution is -2.16. The third-order valence-electron chi connectivity index (χ3n) is 3.55. The van der Waals surface area contributed by atoms with Gasteiger partial charge < -0.3 is 9.47 Å². The Hall–Kier alpha value is -0.830. The second kappa shape index (κ2) is 6.80. The zero-order valence-electron chi connectivity index (χ0n) is 10.4. The van der Waals surface area contributed by atoms with Crippen LogP contribution < -0.4 is 0 Å². The molecule has 0 amide bonds. The first-order valence-electron chi connectivity index (χ1n) is 6.77. The summed E-state index contributed by atoms with van der Waals surface area (Å²) < 4.78 is 10.8. The highest BCUT2D eigenvalue weighted by Gasteiger charge is 2.18. The molecular weight excluding hydrogens is 216 g/mol. The fourth-order valence-electron chi connectivity index (χ4n) is 2.44. The van der Waals surface area contributed by atoms with E-state index in [1.807, 2.05) is 0 Å². The lowest BCUT2D eigenvalue weighted by Gasteiger charge is -2.17. The standard InChI is InChI=1S/C14H22O3/c15-14(9-8-13-7-4-10-16-13)17-11-12-5-2-1-3-6-12/h1-2,12-13H,3-11H2/t12-,13-/m1/s1. The average molecular weight is 238 g/mol. The van der Waals surface area contributed by atoms with Crippen molar-refractivity contribution in [2.75, 3.05) is 13.2 Å². The van der Waals surface area contributed by atoms with Crippen molar-refractivity contribution in [1.82, 2.24) is 0 Å². The van der Waals surface area contributed by atoms with Crippen molar-refractivity contribution in [2.45, 2.75) is 51.0 Å². The van der Waals surface area contributed by atoms with Gasteiger partial charge in [-0.3, -0.25) is 4.79 Å². The van der Waals surface area contributed by atoms with E-state index in [1.165, 1.54) is 0 Å². The maximum Gasteiger partial charge on any atom is 0.305 e. The molecule has 0 radical (unpaired) electrons. The highest BCUT2D eigenvalue weighted by Crippen LogP contribution is 2.19. The third kappa shape index (κ3) is 4.50. The number of esters is 1. The van der Waals surface area contributed by atoms with Crippen LogP contribution in [0.4, 0.5) is 0 Å². The molecule has 0 bridgehead atoms. The van der Waals surface area contributed by atoms with Crippen molar-refractivity contribution in [3.8, 4) is 0 Å². The predicted molar refractivity (Wildman–Crippen MR) is 65.6 cm³/mol. The Bertz CT molecular complexity index is 267. The number of carbonyl (C=O) groups excluding carboxylic acids is 1. The zero-order chi connectivity index (χ0) is 11.9. The van der Waals surface area contributed by atoms with Crippen LogP contribution in [0, 0.1) is 5.92 Å². The monoisotopic (exact) mass is 238 g/mol. The Morgan fingerprint density at radius 2 is 2.29 bits per heavy atom. The summed E-state index contributed by atoms with van der Waals surface area (Å²) in [6.07, 6.45) is 11.6. The van der Waals surface area contributed by atoms with Crippen LogP contribution in [0.25, 0.3) is 0 Å². The molecule has 1 aliphatic carbocycles. The first kappa shape index (κ1) is 12.6. The Balaban J connectivity index is 1.55. The molecule has 0 aromatic rings. The van der Waals surface area contributed by atoms with Crippen molar-refractivity contribution < 1.29 is 14.3 Å². The second-order valence-corrected chi connectivity index (χ2v) is 5.01. The fourth-order valence-corrected chi connectivity index (χ4v) is 2.44. The van der Waals surface area contributed by atoms with E-state index in [-0.39, 0.29) is 5.97 Å².